The van der Waals surface area contributed by atoms with E-state index in [4.69, 9.17) is 19.9 Å². The van der Waals surface area contributed by atoms with Crippen molar-refractivity contribution in [1.29, 1.82) is 0 Å². The summed E-state index contributed by atoms with van der Waals surface area (Å²) < 4.78 is 18.0. The summed E-state index contributed by atoms with van der Waals surface area (Å²) >= 11 is 0. The highest BCUT2D eigenvalue weighted by atomic mass is 33.1. The van der Waals surface area contributed by atoms with Crippen LogP contribution < -0.4 is 15.2 Å². The molecule has 11 unspecified atom stereocenters. The van der Waals surface area contributed by atoms with E-state index in [0.29, 0.717) is 23.0 Å². The highest BCUT2D eigenvalue weighted by Gasteiger charge is 2.60. The fraction of sp³-hybridized carbons (Fsp3) is 0.487. The average Bonchev–Trinajstić information content (AvgIpc) is 3.17. The van der Waals surface area contributed by atoms with Crippen molar-refractivity contribution in [3.8, 4) is 17.2 Å². The van der Waals surface area contributed by atoms with E-state index in [1.54, 1.807) is 37.3 Å². The van der Waals surface area contributed by atoms with Crippen LogP contribution in [0.3, 0.4) is 0 Å². The maximum Gasteiger partial charge on any atom is 0.229 e. The van der Waals surface area contributed by atoms with E-state index in [1.807, 2.05) is 0 Å². The molecule has 11 atom stereocenters. The first kappa shape index (κ1) is 41.4. The molecule has 10 N–H and O–H groups in total. The number of benzene rings is 3. The third kappa shape index (κ3) is 7.62. The SMILES string of the molecule is COc1cc2c3c(O)c(c(C)cc3c1CO)C(=O)CC(CO)SSC(Cc1ccccc1CO)C1C(CC=O)C(N)C=CC1(O)C1OC(O2)C(O)C(O)C1O. The van der Waals surface area contributed by atoms with E-state index in [0.717, 1.165) is 10.8 Å². The predicted molar refractivity (Wildman–Crippen MR) is 205 cm³/mol. The average molecular weight is 802 g/mol. The van der Waals surface area contributed by atoms with Crippen LogP contribution in [-0.4, -0.2) is 119 Å². The highest BCUT2D eigenvalue weighted by Crippen LogP contribution is 2.51. The lowest BCUT2D eigenvalue weighted by molar-refractivity contribution is -0.306. The Morgan fingerprint density at radius 3 is 2.42 bits per heavy atom. The number of carbonyl (C=O) groups is 2. The number of ketones is 1. The van der Waals surface area contributed by atoms with Gasteiger partial charge in [-0.05, 0) is 47.4 Å². The Labute approximate surface area is 325 Å². The molecule has 2 heterocycles. The molecular formula is C39H47NO13S2. The Balaban J connectivity index is 1.60. The second-order valence-electron chi connectivity index (χ2n) is 14.3. The Morgan fingerprint density at radius 1 is 1.04 bits per heavy atom. The number of aliphatic hydroxyl groups excluding tert-OH is 6. The van der Waals surface area contributed by atoms with Gasteiger partial charge >= 0.3 is 0 Å². The van der Waals surface area contributed by atoms with Gasteiger partial charge < -0.3 is 65.6 Å². The monoisotopic (exact) mass is 801 g/mol. The van der Waals surface area contributed by atoms with Crippen LogP contribution in [0.1, 0.15) is 45.5 Å². The third-order valence-corrected chi connectivity index (χ3v) is 14.3. The van der Waals surface area contributed by atoms with Crippen LogP contribution in [0.25, 0.3) is 10.8 Å². The van der Waals surface area contributed by atoms with Gasteiger partial charge in [0.25, 0.3) is 0 Å². The Hall–Kier alpha value is -3.26. The standard InChI is InChI=1S/C39H47NO13S2/c1-18-11-23-24(17-44)27(51-2)14-28-31(23)33(46)30(18)26(45)13-21(16-43)54-55-29(12-19-5-3-4-6-20(19)15-42)32-22(8-10-41)25(40)7-9-39(32,50)37-35(48)34(47)36(49)38(52-28)53-37/h3-7,9-11,14,21-22,25,29,32,34-38,42-44,46-50H,8,12-13,15-17,40H2,1-2H3. The van der Waals surface area contributed by atoms with Gasteiger partial charge in [-0.3, -0.25) is 4.79 Å². The minimum atomic E-state index is -2.20. The van der Waals surface area contributed by atoms with E-state index < -0.39 is 89.4 Å². The molecule has 1 saturated heterocycles. The van der Waals surface area contributed by atoms with Crippen molar-refractivity contribution in [2.45, 2.75) is 92.2 Å². The summed E-state index contributed by atoms with van der Waals surface area (Å²) in [5, 5.41) is 89.0. The molecule has 0 amide bonds. The van der Waals surface area contributed by atoms with E-state index in [-0.39, 0.29) is 59.3 Å². The van der Waals surface area contributed by atoms with E-state index in [9.17, 15) is 50.4 Å². The number of aromatic hydroxyl groups is 1. The number of fused-ring (bicyclic) bond motifs is 5. The largest absolute Gasteiger partial charge is 0.506 e. The maximum absolute atomic E-state index is 14.1. The second kappa shape index (κ2) is 17.1. The number of Topliss-reactive ketones (excluding diaryl/α,β-unsaturated/α-hetero) is 1. The van der Waals surface area contributed by atoms with Gasteiger partial charge in [-0.25, -0.2) is 0 Å². The molecule has 4 bridgehead atoms. The lowest BCUT2D eigenvalue weighted by atomic mass is 9.63. The van der Waals surface area contributed by atoms with Gasteiger partial charge in [-0.15, -0.1) is 0 Å². The summed E-state index contributed by atoms with van der Waals surface area (Å²) in [5.74, 6) is -2.87. The first-order chi connectivity index (χ1) is 26.3. The normalized spacial score (nSPS) is 32.6. The van der Waals surface area contributed by atoms with Crippen molar-refractivity contribution in [3.05, 3.63) is 76.4 Å². The minimum Gasteiger partial charge on any atom is -0.506 e. The summed E-state index contributed by atoms with van der Waals surface area (Å²) in [7, 11) is 3.72. The van der Waals surface area contributed by atoms with Crippen molar-refractivity contribution in [2.24, 2.45) is 17.6 Å². The molecule has 3 aromatic carbocycles. The summed E-state index contributed by atoms with van der Waals surface area (Å²) in [5.41, 5.74) is 6.25. The lowest BCUT2D eigenvalue weighted by Gasteiger charge is -2.53. The van der Waals surface area contributed by atoms with Crippen LogP contribution in [0.4, 0.5) is 0 Å². The van der Waals surface area contributed by atoms with Crippen LogP contribution in [0, 0.1) is 18.8 Å². The summed E-state index contributed by atoms with van der Waals surface area (Å²) in [6.45, 7) is 0.324. The molecule has 55 heavy (non-hydrogen) atoms. The summed E-state index contributed by atoms with van der Waals surface area (Å²) in [6.07, 6.45) is -5.95. The number of ether oxygens (including phenoxy) is 3. The van der Waals surface area contributed by atoms with Crippen LogP contribution >= 0.6 is 21.6 Å². The van der Waals surface area contributed by atoms with Gasteiger partial charge in [0.2, 0.25) is 6.29 Å². The maximum atomic E-state index is 14.1. The van der Waals surface area contributed by atoms with Crippen LogP contribution in [0.2, 0.25) is 0 Å². The molecule has 0 saturated carbocycles. The lowest BCUT2D eigenvalue weighted by Crippen LogP contribution is -2.69. The second-order valence-corrected chi connectivity index (χ2v) is 17.1. The molecule has 3 aromatic rings. The molecule has 16 heteroatoms. The fourth-order valence-corrected chi connectivity index (χ4v) is 11.5. The van der Waals surface area contributed by atoms with Crippen molar-refractivity contribution in [3.63, 3.8) is 0 Å². The number of hydrogen-bond acceptors (Lipinski definition) is 16. The number of aldehydes is 1. The molecule has 0 spiro atoms. The van der Waals surface area contributed by atoms with Crippen molar-refractivity contribution >= 4 is 44.4 Å². The molecule has 0 aromatic heterocycles. The summed E-state index contributed by atoms with van der Waals surface area (Å²) in [4.78, 5) is 26.3. The van der Waals surface area contributed by atoms with Crippen molar-refractivity contribution in [1.82, 2.24) is 0 Å². The molecular weight excluding hydrogens is 755 g/mol. The number of phenols is 1. The number of aryl methyl sites for hydroxylation is 1. The smallest absolute Gasteiger partial charge is 0.229 e. The van der Waals surface area contributed by atoms with Gasteiger partial charge in [-0.2, -0.15) is 0 Å². The number of rotatable bonds is 8. The number of methoxy groups -OCH3 is 1. The third-order valence-electron chi connectivity index (χ3n) is 11.0. The minimum absolute atomic E-state index is 0.0461. The number of hydrogen-bond donors (Lipinski definition) is 9. The van der Waals surface area contributed by atoms with Crippen LogP contribution in [0.15, 0.2) is 48.6 Å². The predicted octanol–water partition coefficient (Wildman–Crippen LogP) is 1.42. The zero-order valence-corrected chi connectivity index (χ0v) is 31.9. The summed E-state index contributed by atoms with van der Waals surface area (Å²) in [6, 6.07) is 9.23. The van der Waals surface area contributed by atoms with Crippen molar-refractivity contribution in [2.75, 3.05) is 13.7 Å². The molecule has 1 fully saturated rings. The molecule has 14 nitrogen and oxygen atoms in total. The number of carbonyl (C=O) groups excluding carboxylic acids is 2. The zero-order chi connectivity index (χ0) is 39.8. The molecule has 0 radical (unpaired) electrons. The quantitative estimate of drug-likeness (QED) is 0.0888. The van der Waals surface area contributed by atoms with E-state index in [2.05, 4.69) is 0 Å². The molecule has 6 rings (SSSR count). The van der Waals surface area contributed by atoms with Gasteiger partial charge in [0.15, 0.2) is 5.78 Å². The van der Waals surface area contributed by atoms with Gasteiger partial charge in [0.1, 0.15) is 53.6 Å². The first-order valence-corrected chi connectivity index (χ1v) is 20.2. The molecule has 298 valence electrons. The number of aliphatic hydroxyl groups is 7. The van der Waals surface area contributed by atoms with Gasteiger partial charge in [-0.1, -0.05) is 58.0 Å². The van der Waals surface area contributed by atoms with Gasteiger partial charge in [0, 0.05) is 46.9 Å². The number of nitrogens with two attached hydrogens (primary N) is 1. The Morgan fingerprint density at radius 2 is 1.76 bits per heavy atom. The van der Waals surface area contributed by atoms with E-state index in [1.165, 1.54) is 36.1 Å². The number of phenolic OH excluding ortho intramolecular Hbond substituents is 1. The van der Waals surface area contributed by atoms with Crippen LogP contribution in [0.5, 0.6) is 17.2 Å². The molecule has 3 aliphatic rings. The van der Waals surface area contributed by atoms with Crippen molar-refractivity contribution < 1.29 is 64.7 Å². The molecule has 1 aliphatic carbocycles. The first-order valence-electron chi connectivity index (χ1n) is 17.9. The molecule has 2 aliphatic heterocycles. The van der Waals surface area contributed by atoms with Gasteiger partial charge in [0.05, 0.1) is 37.9 Å². The Kier molecular flexibility index (Phi) is 12.8. The van der Waals surface area contributed by atoms with E-state index >= 15 is 0 Å². The topological polar surface area (TPSA) is 250 Å². The zero-order valence-electron chi connectivity index (χ0n) is 30.2. The fourth-order valence-electron chi connectivity index (χ4n) is 8.25. The highest BCUT2D eigenvalue weighted by molar-refractivity contribution is 8.77. The van der Waals surface area contributed by atoms with Crippen LogP contribution in [-0.2, 0) is 29.2 Å². The Bertz CT molecular complexity index is 1930.